The summed E-state index contributed by atoms with van der Waals surface area (Å²) in [5.74, 6) is -0.815. The van der Waals surface area contributed by atoms with Gasteiger partial charge in [0.15, 0.2) is 5.82 Å². The van der Waals surface area contributed by atoms with Crippen molar-refractivity contribution in [1.82, 2.24) is 24.8 Å². The molecule has 1 amide bonds. The third kappa shape index (κ3) is 3.87. The topological polar surface area (TPSA) is 83.9 Å². The van der Waals surface area contributed by atoms with Gasteiger partial charge in [-0.3, -0.25) is 4.79 Å². The van der Waals surface area contributed by atoms with Gasteiger partial charge in [0.05, 0.1) is 23.2 Å². The van der Waals surface area contributed by atoms with Crippen LogP contribution in [0.15, 0.2) is 49.1 Å². The minimum atomic E-state index is -4.52. The molecule has 170 valence electrons. The summed E-state index contributed by atoms with van der Waals surface area (Å²) in [6.45, 7) is 0. The summed E-state index contributed by atoms with van der Waals surface area (Å²) in [7, 11) is 0. The summed E-state index contributed by atoms with van der Waals surface area (Å²) < 4.78 is 53.1. The number of carbonyl (C=O) groups excluding carboxylic acids is 1. The fraction of sp³-hybridized carbons (Fsp3) is 0.318. The lowest BCUT2D eigenvalue weighted by Gasteiger charge is -2.26. The van der Waals surface area contributed by atoms with Gasteiger partial charge >= 0.3 is 6.18 Å². The van der Waals surface area contributed by atoms with E-state index in [1.165, 1.54) is 24.5 Å². The molecule has 0 unspecified atom stereocenters. The Hall–Kier alpha value is -3.63. The van der Waals surface area contributed by atoms with Crippen LogP contribution >= 0.6 is 0 Å². The predicted molar refractivity (Wildman–Crippen MR) is 109 cm³/mol. The van der Waals surface area contributed by atoms with Crippen molar-refractivity contribution in [2.75, 3.05) is 5.32 Å². The Labute approximate surface area is 185 Å². The molecule has 1 N–H and O–H groups in total. The van der Waals surface area contributed by atoms with Gasteiger partial charge in [-0.2, -0.15) is 13.2 Å². The van der Waals surface area contributed by atoms with E-state index in [4.69, 9.17) is 0 Å². The van der Waals surface area contributed by atoms with Gasteiger partial charge in [0.2, 0.25) is 5.95 Å². The average Bonchev–Trinajstić information content (AvgIpc) is 3.37. The lowest BCUT2D eigenvalue weighted by Crippen LogP contribution is -2.40. The summed E-state index contributed by atoms with van der Waals surface area (Å²) in [4.78, 5) is 31.0. The van der Waals surface area contributed by atoms with Crippen LogP contribution in [-0.4, -0.2) is 48.9 Å². The third-order valence-electron chi connectivity index (χ3n) is 6.10. The van der Waals surface area contributed by atoms with Crippen molar-refractivity contribution in [3.63, 3.8) is 0 Å². The normalized spacial score (nSPS) is 21.9. The lowest BCUT2D eigenvalue weighted by atomic mass is 9.96. The van der Waals surface area contributed by atoms with E-state index in [1.54, 1.807) is 17.0 Å². The molecule has 2 aliphatic heterocycles. The van der Waals surface area contributed by atoms with Crippen LogP contribution in [0.5, 0.6) is 0 Å². The van der Waals surface area contributed by atoms with Crippen LogP contribution < -0.4 is 5.32 Å². The average molecular weight is 458 g/mol. The van der Waals surface area contributed by atoms with Crippen LogP contribution in [0.4, 0.5) is 23.5 Å². The van der Waals surface area contributed by atoms with E-state index < -0.39 is 23.5 Å². The van der Waals surface area contributed by atoms with Gasteiger partial charge in [0.25, 0.3) is 5.91 Å². The molecule has 3 aromatic rings. The zero-order valence-electron chi connectivity index (χ0n) is 17.1. The van der Waals surface area contributed by atoms with E-state index in [-0.39, 0.29) is 35.5 Å². The number of amides is 1. The third-order valence-corrected chi connectivity index (χ3v) is 6.10. The number of anilines is 1. The molecular weight excluding hydrogens is 440 g/mol. The van der Waals surface area contributed by atoms with Gasteiger partial charge in [-0.15, -0.1) is 0 Å². The molecule has 33 heavy (non-hydrogen) atoms. The van der Waals surface area contributed by atoms with Crippen molar-refractivity contribution < 1.29 is 22.4 Å². The van der Waals surface area contributed by atoms with Crippen LogP contribution in [0, 0.1) is 5.82 Å². The summed E-state index contributed by atoms with van der Waals surface area (Å²) in [5.41, 5.74) is -0.720. The van der Waals surface area contributed by atoms with Crippen molar-refractivity contribution in [1.29, 1.82) is 0 Å². The minimum absolute atomic E-state index is 0.0530. The Balaban J connectivity index is 1.39. The van der Waals surface area contributed by atoms with Gasteiger partial charge in [-0.1, -0.05) is 12.1 Å². The smallest absolute Gasteiger partial charge is 0.349 e. The van der Waals surface area contributed by atoms with Crippen LogP contribution in [0.1, 0.15) is 35.2 Å². The minimum Gasteiger partial charge on any atom is -0.349 e. The number of nitrogens with one attached hydrogen (secondary N) is 1. The first-order chi connectivity index (χ1) is 15.8. The highest BCUT2D eigenvalue weighted by atomic mass is 19.4. The summed E-state index contributed by atoms with van der Waals surface area (Å²) >= 11 is 0. The van der Waals surface area contributed by atoms with Crippen LogP contribution in [0.2, 0.25) is 0 Å². The highest BCUT2D eigenvalue weighted by Crippen LogP contribution is 2.41. The molecule has 2 aliphatic rings. The molecule has 4 heterocycles. The summed E-state index contributed by atoms with van der Waals surface area (Å²) in [5, 5.41) is 3.05. The molecule has 11 heteroatoms. The van der Waals surface area contributed by atoms with Crippen LogP contribution in [-0.2, 0) is 6.18 Å². The first-order valence-corrected chi connectivity index (χ1v) is 10.4. The molecule has 0 aliphatic carbocycles. The number of alkyl halides is 3. The molecule has 7 nitrogen and oxygen atoms in total. The fourth-order valence-electron chi connectivity index (χ4n) is 4.67. The molecule has 3 atom stereocenters. The van der Waals surface area contributed by atoms with Gasteiger partial charge in [-0.05, 0) is 31.4 Å². The summed E-state index contributed by atoms with van der Waals surface area (Å²) in [6.07, 6.45) is 1.96. The van der Waals surface area contributed by atoms with Crippen molar-refractivity contribution in [3.8, 4) is 11.4 Å². The largest absolute Gasteiger partial charge is 0.419 e. The molecular formula is C22H18F4N6O. The molecule has 1 aromatic carbocycles. The van der Waals surface area contributed by atoms with E-state index in [2.05, 4.69) is 25.3 Å². The standard InChI is InChI=1S/C22H18F4N6O/c23-15-4-1-3-14(19-27-7-2-8-28-19)18(15)20(33)32-13-5-6-17(32)16(9-13)31-21-29-10-12(11-30-21)22(24,25)26/h1-4,7-8,10-11,13,16-17H,5-6,9H2,(H,29,30,31)/t13-,16-,17+/m1/s1. The number of benzene rings is 1. The quantitative estimate of drug-likeness (QED) is 0.596. The van der Waals surface area contributed by atoms with E-state index in [9.17, 15) is 22.4 Å². The molecule has 0 spiro atoms. The Morgan fingerprint density at radius 3 is 2.45 bits per heavy atom. The Bertz CT molecular complexity index is 1170. The molecule has 0 radical (unpaired) electrons. The maximum Gasteiger partial charge on any atom is 0.419 e. The number of halogens is 4. The number of hydrogen-bond acceptors (Lipinski definition) is 6. The molecule has 0 saturated carbocycles. The van der Waals surface area contributed by atoms with E-state index in [0.29, 0.717) is 18.4 Å². The second-order valence-electron chi connectivity index (χ2n) is 8.03. The second-order valence-corrected chi connectivity index (χ2v) is 8.03. The number of nitrogens with zero attached hydrogens (tertiary/aromatic N) is 5. The first-order valence-electron chi connectivity index (χ1n) is 10.4. The Morgan fingerprint density at radius 2 is 1.76 bits per heavy atom. The zero-order chi connectivity index (χ0) is 23.2. The van der Waals surface area contributed by atoms with Crippen LogP contribution in [0.25, 0.3) is 11.4 Å². The number of hydrogen-bond donors (Lipinski definition) is 1. The van der Waals surface area contributed by atoms with Gasteiger partial charge < -0.3 is 10.2 Å². The van der Waals surface area contributed by atoms with Gasteiger partial charge in [-0.25, -0.2) is 24.3 Å². The van der Waals surface area contributed by atoms with Crippen molar-refractivity contribution >= 4 is 11.9 Å². The Morgan fingerprint density at radius 1 is 1.03 bits per heavy atom. The Kier molecular flexibility index (Phi) is 5.18. The van der Waals surface area contributed by atoms with E-state index >= 15 is 0 Å². The highest BCUT2D eigenvalue weighted by Gasteiger charge is 2.49. The lowest BCUT2D eigenvalue weighted by molar-refractivity contribution is -0.138. The molecule has 5 rings (SSSR count). The molecule has 2 bridgehead atoms. The number of fused-ring (bicyclic) bond motifs is 2. The zero-order valence-corrected chi connectivity index (χ0v) is 17.1. The van der Waals surface area contributed by atoms with Crippen LogP contribution in [0.3, 0.4) is 0 Å². The predicted octanol–water partition coefficient (Wildman–Crippen LogP) is 3.95. The van der Waals surface area contributed by atoms with E-state index in [0.717, 1.165) is 18.8 Å². The SMILES string of the molecule is O=C(c1c(F)cccc1-c1ncccn1)N1[C@@H]2CC[C@H]1[C@H](Nc1ncc(C(F)(F)F)cn1)C2. The van der Waals surface area contributed by atoms with Crippen molar-refractivity contribution in [2.24, 2.45) is 0 Å². The van der Waals surface area contributed by atoms with Gasteiger partial charge in [0.1, 0.15) is 5.82 Å². The van der Waals surface area contributed by atoms with Crippen molar-refractivity contribution in [2.45, 2.75) is 43.6 Å². The number of aromatic nitrogens is 4. The highest BCUT2D eigenvalue weighted by molar-refractivity contribution is 6.01. The van der Waals surface area contributed by atoms with Crippen molar-refractivity contribution in [3.05, 3.63) is 66.0 Å². The molecule has 2 aromatic heterocycles. The van der Waals surface area contributed by atoms with Gasteiger partial charge in [0, 0.05) is 36.4 Å². The fourth-order valence-corrected chi connectivity index (χ4v) is 4.67. The number of rotatable bonds is 4. The maximum atomic E-state index is 14.9. The molecule has 2 fully saturated rings. The maximum absolute atomic E-state index is 14.9. The molecule has 2 saturated heterocycles. The summed E-state index contributed by atoms with van der Waals surface area (Å²) in [6, 6.07) is 5.32. The number of carbonyl (C=O) groups is 1. The monoisotopic (exact) mass is 458 g/mol. The first kappa shape index (κ1) is 21.2. The van der Waals surface area contributed by atoms with E-state index in [1.807, 2.05) is 0 Å². The second kappa shape index (κ2) is 8.05.